The van der Waals surface area contributed by atoms with Gasteiger partial charge in [-0.05, 0) is 38.0 Å². The summed E-state index contributed by atoms with van der Waals surface area (Å²) in [5.41, 5.74) is 6.72. The normalized spacial score (nSPS) is 16.5. The number of benzene rings is 1. The van der Waals surface area contributed by atoms with Crippen LogP contribution >= 0.6 is 0 Å². The maximum Gasteiger partial charge on any atom is 0.253 e. The van der Waals surface area contributed by atoms with Gasteiger partial charge in [-0.2, -0.15) is 0 Å². The van der Waals surface area contributed by atoms with E-state index in [-0.39, 0.29) is 16.8 Å². The Labute approximate surface area is 143 Å². The number of sulfonamides is 1. The predicted octanol–water partition coefficient (Wildman–Crippen LogP) is 0.614. The van der Waals surface area contributed by atoms with E-state index in [9.17, 15) is 13.2 Å². The topological polar surface area (TPSA) is 95.7 Å². The zero-order valence-electron chi connectivity index (χ0n) is 14.4. The molecule has 1 aliphatic rings. The van der Waals surface area contributed by atoms with E-state index in [2.05, 4.69) is 10.2 Å². The summed E-state index contributed by atoms with van der Waals surface area (Å²) in [6.45, 7) is 3.87. The third-order valence-electron chi connectivity index (χ3n) is 4.17. The minimum atomic E-state index is -3.60. The highest BCUT2D eigenvalue weighted by atomic mass is 32.2. The van der Waals surface area contributed by atoms with Crippen molar-refractivity contribution in [2.24, 2.45) is 5.73 Å². The number of nitrogens with two attached hydrogens (primary N) is 1. The summed E-state index contributed by atoms with van der Waals surface area (Å²) in [5.74, 6) is -0.300. The van der Waals surface area contributed by atoms with E-state index in [1.165, 1.54) is 20.2 Å². The predicted molar refractivity (Wildman–Crippen MR) is 94.7 cm³/mol. The third-order valence-corrected chi connectivity index (χ3v) is 5.98. The van der Waals surface area contributed by atoms with Crippen molar-refractivity contribution >= 4 is 21.6 Å². The van der Waals surface area contributed by atoms with E-state index in [1.54, 1.807) is 12.1 Å². The van der Waals surface area contributed by atoms with Crippen LogP contribution < -0.4 is 16.0 Å². The van der Waals surface area contributed by atoms with Crippen LogP contribution in [0.4, 0.5) is 5.69 Å². The number of carbonyl (C=O) groups is 1. The smallest absolute Gasteiger partial charge is 0.253 e. The molecule has 8 heteroatoms. The molecule has 1 aromatic rings. The van der Waals surface area contributed by atoms with Crippen LogP contribution in [-0.2, 0) is 10.0 Å². The molecule has 1 amide bonds. The summed E-state index contributed by atoms with van der Waals surface area (Å²) in [4.78, 5) is 14.9. The van der Waals surface area contributed by atoms with E-state index < -0.39 is 10.0 Å². The summed E-state index contributed by atoms with van der Waals surface area (Å²) in [6.07, 6.45) is 2.13. The Hall–Kier alpha value is -1.64. The highest BCUT2D eigenvalue weighted by Gasteiger charge is 2.24. The van der Waals surface area contributed by atoms with Gasteiger partial charge in [0.2, 0.25) is 10.0 Å². The van der Waals surface area contributed by atoms with Crippen molar-refractivity contribution in [2.45, 2.75) is 30.7 Å². The molecular weight excluding hydrogens is 328 g/mol. The number of hydrogen-bond donors (Lipinski definition) is 2. The zero-order valence-corrected chi connectivity index (χ0v) is 15.3. The van der Waals surface area contributed by atoms with Gasteiger partial charge in [0.1, 0.15) is 0 Å². The molecule has 1 heterocycles. The first-order valence-electron chi connectivity index (χ1n) is 8.10. The van der Waals surface area contributed by atoms with Gasteiger partial charge in [0, 0.05) is 45.5 Å². The molecule has 1 aliphatic heterocycles. The molecule has 0 bridgehead atoms. The maximum atomic E-state index is 12.6. The standard InChI is InChI=1S/C16H26N4O3S/c1-12(11-17)18-16(21)14-10-13(24(22,23)19(2)3)6-7-15(14)20-8-4-5-9-20/h6-7,10,12H,4-5,8-9,11,17H2,1-3H3,(H,18,21)/t12-/m0/s1. The maximum absolute atomic E-state index is 12.6. The molecule has 0 spiro atoms. The first-order chi connectivity index (χ1) is 11.3. The average Bonchev–Trinajstić information content (AvgIpc) is 3.08. The molecule has 1 fully saturated rings. The van der Waals surface area contributed by atoms with Crippen LogP contribution in [0.25, 0.3) is 0 Å². The summed E-state index contributed by atoms with van der Waals surface area (Å²) < 4.78 is 25.9. The molecule has 24 heavy (non-hydrogen) atoms. The minimum Gasteiger partial charge on any atom is -0.371 e. The molecule has 1 atom stereocenters. The van der Waals surface area contributed by atoms with Crippen LogP contribution in [0.5, 0.6) is 0 Å². The number of anilines is 1. The lowest BCUT2D eigenvalue weighted by molar-refractivity contribution is 0.0941. The van der Waals surface area contributed by atoms with Crippen LogP contribution in [0.3, 0.4) is 0 Å². The second-order valence-electron chi connectivity index (χ2n) is 6.27. The van der Waals surface area contributed by atoms with Crippen molar-refractivity contribution in [1.29, 1.82) is 0 Å². The Morgan fingerprint density at radius 1 is 1.33 bits per heavy atom. The van der Waals surface area contributed by atoms with Crippen molar-refractivity contribution in [1.82, 2.24) is 9.62 Å². The van der Waals surface area contributed by atoms with Gasteiger partial charge in [-0.15, -0.1) is 0 Å². The van der Waals surface area contributed by atoms with Crippen LogP contribution in [0.1, 0.15) is 30.1 Å². The molecule has 0 radical (unpaired) electrons. The fourth-order valence-electron chi connectivity index (χ4n) is 2.66. The summed E-state index contributed by atoms with van der Waals surface area (Å²) in [7, 11) is -0.653. The first kappa shape index (κ1) is 18.7. The molecule has 7 nitrogen and oxygen atoms in total. The van der Waals surface area contributed by atoms with E-state index >= 15 is 0 Å². The Kier molecular flexibility index (Phi) is 5.84. The van der Waals surface area contributed by atoms with Crippen LogP contribution in [0.15, 0.2) is 23.1 Å². The highest BCUT2D eigenvalue weighted by Crippen LogP contribution is 2.28. The van der Waals surface area contributed by atoms with Gasteiger partial charge in [0.15, 0.2) is 0 Å². The minimum absolute atomic E-state index is 0.112. The molecular formula is C16H26N4O3S. The SMILES string of the molecule is C[C@@H](CN)NC(=O)c1cc(S(=O)(=O)N(C)C)ccc1N1CCCC1. The largest absolute Gasteiger partial charge is 0.371 e. The first-order valence-corrected chi connectivity index (χ1v) is 9.54. The molecule has 2 rings (SSSR count). The fraction of sp³-hybridized carbons (Fsp3) is 0.562. The van der Waals surface area contributed by atoms with Crippen molar-refractivity contribution in [3.8, 4) is 0 Å². The monoisotopic (exact) mass is 354 g/mol. The number of carbonyl (C=O) groups excluding carboxylic acids is 1. The molecule has 134 valence electrons. The molecule has 1 aromatic carbocycles. The van der Waals surface area contributed by atoms with E-state index in [1.807, 2.05) is 6.92 Å². The summed E-state index contributed by atoms with van der Waals surface area (Å²) in [6, 6.07) is 4.57. The molecule has 0 unspecified atom stereocenters. The Morgan fingerprint density at radius 2 is 1.96 bits per heavy atom. The zero-order chi connectivity index (χ0) is 17.9. The number of rotatable bonds is 6. The Balaban J connectivity index is 2.47. The molecule has 0 saturated carbocycles. The number of nitrogens with one attached hydrogen (secondary N) is 1. The van der Waals surface area contributed by atoms with Crippen molar-refractivity contribution < 1.29 is 13.2 Å². The van der Waals surface area contributed by atoms with Gasteiger partial charge in [-0.1, -0.05) is 0 Å². The van der Waals surface area contributed by atoms with Crippen LogP contribution in [0, 0.1) is 0 Å². The number of nitrogens with zero attached hydrogens (tertiary/aromatic N) is 2. The second-order valence-corrected chi connectivity index (χ2v) is 8.42. The number of hydrogen-bond acceptors (Lipinski definition) is 5. The molecule has 3 N–H and O–H groups in total. The van der Waals surface area contributed by atoms with E-state index in [0.29, 0.717) is 12.1 Å². The second kappa shape index (κ2) is 7.50. The van der Waals surface area contributed by atoms with Gasteiger partial charge < -0.3 is 16.0 Å². The lowest BCUT2D eigenvalue weighted by Crippen LogP contribution is -2.38. The Bertz CT molecular complexity index is 697. The van der Waals surface area contributed by atoms with Gasteiger partial charge >= 0.3 is 0 Å². The van der Waals surface area contributed by atoms with Gasteiger partial charge in [0.25, 0.3) is 5.91 Å². The van der Waals surface area contributed by atoms with Gasteiger partial charge in [-0.3, -0.25) is 4.79 Å². The van der Waals surface area contributed by atoms with Gasteiger partial charge in [-0.25, -0.2) is 12.7 Å². The lowest BCUT2D eigenvalue weighted by atomic mass is 10.1. The molecule has 0 aromatic heterocycles. The molecule has 0 aliphatic carbocycles. The summed E-state index contributed by atoms with van der Waals surface area (Å²) >= 11 is 0. The van der Waals surface area contributed by atoms with Crippen molar-refractivity contribution in [3.05, 3.63) is 23.8 Å². The quantitative estimate of drug-likeness (QED) is 0.780. The number of amides is 1. The lowest BCUT2D eigenvalue weighted by Gasteiger charge is -2.23. The average molecular weight is 354 g/mol. The van der Waals surface area contributed by atoms with Crippen LogP contribution in [0.2, 0.25) is 0 Å². The van der Waals surface area contributed by atoms with E-state index in [4.69, 9.17) is 5.73 Å². The van der Waals surface area contributed by atoms with E-state index in [0.717, 1.165) is 35.9 Å². The van der Waals surface area contributed by atoms with Gasteiger partial charge in [0.05, 0.1) is 10.5 Å². The van der Waals surface area contributed by atoms with Crippen LogP contribution in [-0.4, -0.2) is 58.4 Å². The van der Waals surface area contributed by atoms with Crippen molar-refractivity contribution in [2.75, 3.05) is 38.6 Å². The molecule has 1 saturated heterocycles. The third kappa shape index (κ3) is 3.88. The fourth-order valence-corrected chi connectivity index (χ4v) is 3.59. The Morgan fingerprint density at radius 3 is 2.50 bits per heavy atom. The van der Waals surface area contributed by atoms with Crippen molar-refractivity contribution in [3.63, 3.8) is 0 Å². The highest BCUT2D eigenvalue weighted by molar-refractivity contribution is 7.89. The summed E-state index contributed by atoms with van der Waals surface area (Å²) in [5, 5.41) is 2.82.